The molecule has 1 unspecified atom stereocenters. The van der Waals surface area contributed by atoms with Gasteiger partial charge in [0.2, 0.25) is 5.91 Å². The van der Waals surface area contributed by atoms with Crippen LogP contribution in [0.5, 0.6) is 0 Å². The average molecular weight is 419 g/mol. The quantitative estimate of drug-likeness (QED) is 0.600. The van der Waals surface area contributed by atoms with Gasteiger partial charge in [0.15, 0.2) is 0 Å². The van der Waals surface area contributed by atoms with E-state index >= 15 is 0 Å². The van der Waals surface area contributed by atoms with Crippen LogP contribution in [0.2, 0.25) is 0 Å². The molecule has 160 valence electrons. The standard InChI is InChI=1S/C22H24F3N3O2/c1-14(9-10-19-8-5-11-30-19)26-21(29)13-20-15(2)27-28(16(20)3)18-7-4-6-17(12-18)22(23,24)25/h4-8,11-12,14H,9-10,13H2,1-3H3,(H,26,29). The molecule has 3 aromatic rings. The van der Waals surface area contributed by atoms with Crippen molar-refractivity contribution in [2.45, 2.75) is 52.3 Å². The zero-order valence-corrected chi connectivity index (χ0v) is 17.1. The Morgan fingerprint density at radius 1 is 1.23 bits per heavy atom. The van der Waals surface area contributed by atoms with Gasteiger partial charge in [-0.15, -0.1) is 0 Å². The minimum Gasteiger partial charge on any atom is -0.469 e. The van der Waals surface area contributed by atoms with E-state index in [4.69, 9.17) is 4.42 Å². The number of hydrogen-bond acceptors (Lipinski definition) is 3. The van der Waals surface area contributed by atoms with E-state index in [-0.39, 0.29) is 18.4 Å². The first-order chi connectivity index (χ1) is 14.1. The van der Waals surface area contributed by atoms with Gasteiger partial charge in [-0.2, -0.15) is 18.3 Å². The number of aromatic nitrogens is 2. The van der Waals surface area contributed by atoms with E-state index in [0.29, 0.717) is 22.6 Å². The molecular formula is C22H24F3N3O2. The second-order valence-corrected chi connectivity index (χ2v) is 7.37. The van der Waals surface area contributed by atoms with Gasteiger partial charge in [0.25, 0.3) is 0 Å². The van der Waals surface area contributed by atoms with Gasteiger partial charge in [-0.25, -0.2) is 4.68 Å². The van der Waals surface area contributed by atoms with Crippen molar-refractivity contribution in [2.24, 2.45) is 0 Å². The van der Waals surface area contributed by atoms with E-state index < -0.39 is 11.7 Å². The first kappa shape index (κ1) is 21.7. The lowest BCUT2D eigenvalue weighted by atomic mass is 10.1. The zero-order chi connectivity index (χ0) is 21.9. The van der Waals surface area contributed by atoms with Crippen LogP contribution in [0.1, 0.15) is 41.6 Å². The van der Waals surface area contributed by atoms with E-state index in [9.17, 15) is 18.0 Å². The summed E-state index contributed by atoms with van der Waals surface area (Å²) in [5, 5.41) is 7.32. The van der Waals surface area contributed by atoms with Crippen LogP contribution in [0.4, 0.5) is 13.2 Å². The Morgan fingerprint density at radius 2 is 2.00 bits per heavy atom. The Hall–Kier alpha value is -3.03. The van der Waals surface area contributed by atoms with Crippen molar-refractivity contribution in [3.05, 3.63) is 70.9 Å². The predicted molar refractivity (Wildman–Crippen MR) is 106 cm³/mol. The van der Waals surface area contributed by atoms with Crippen LogP contribution >= 0.6 is 0 Å². The minimum absolute atomic E-state index is 0.0401. The zero-order valence-electron chi connectivity index (χ0n) is 17.1. The third-order valence-electron chi connectivity index (χ3n) is 5.01. The highest BCUT2D eigenvalue weighted by atomic mass is 19.4. The van der Waals surface area contributed by atoms with Crippen molar-refractivity contribution in [1.29, 1.82) is 0 Å². The Morgan fingerprint density at radius 3 is 2.67 bits per heavy atom. The van der Waals surface area contributed by atoms with Gasteiger partial charge in [-0.1, -0.05) is 6.07 Å². The van der Waals surface area contributed by atoms with Crippen LogP contribution in [0, 0.1) is 13.8 Å². The van der Waals surface area contributed by atoms with Crippen molar-refractivity contribution in [3.63, 3.8) is 0 Å². The second-order valence-electron chi connectivity index (χ2n) is 7.37. The highest BCUT2D eigenvalue weighted by Gasteiger charge is 2.30. The van der Waals surface area contributed by atoms with Crippen LogP contribution in [-0.2, 0) is 23.8 Å². The number of rotatable bonds is 7. The van der Waals surface area contributed by atoms with Crippen molar-refractivity contribution in [2.75, 3.05) is 0 Å². The number of hydrogen-bond donors (Lipinski definition) is 1. The Bertz CT molecular complexity index is 1010. The summed E-state index contributed by atoms with van der Waals surface area (Å²) in [6.45, 7) is 5.43. The molecule has 0 aliphatic rings. The molecule has 0 saturated heterocycles. The molecule has 0 aliphatic carbocycles. The second kappa shape index (κ2) is 8.77. The fraction of sp³-hybridized carbons (Fsp3) is 0.364. The van der Waals surface area contributed by atoms with Crippen molar-refractivity contribution in [3.8, 4) is 5.69 Å². The lowest BCUT2D eigenvalue weighted by Gasteiger charge is -2.13. The van der Waals surface area contributed by atoms with Gasteiger partial charge in [0.1, 0.15) is 5.76 Å². The third-order valence-corrected chi connectivity index (χ3v) is 5.01. The van der Waals surface area contributed by atoms with E-state index in [2.05, 4.69) is 10.4 Å². The minimum atomic E-state index is -4.43. The first-order valence-corrected chi connectivity index (χ1v) is 9.69. The number of aryl methyl sites for hydroxylation is 2. The molecule has 2 aromatic heterocycles. The molecule has 1 amide bonds. The summed E-state index contributed by atoms with van der Waals surface area (Å²) in [6, 6.07) is 8.67. The number of carbonyl (C=O) groups excluding carboxylic acids is 1. The summed E-state index contributed by atoms with van der Waals surface area (Å²) < 4.78 is 45.8. The van der Waals surface area contributed by atoms with E-state index in [1.165, 1.54) is 10.7 Å². The van der Waals surface area contributed by atoms with Crippen LogP contribution < -0.4 is 5.32 Å². The van der Waals surface area contributed by atoms with Crippen LogP contribution in [-0.4, -0.2) is 21.7 Å². The lowest BCUT2D eigenvalue weighted by molar-refractivity contribution is -0.137. The van der Waals surface area contributed by atoms with Crippen molar-refractivity contribution < 1.29 is 22.4 Å². The number of nitrogens with zero attached hydrogens (tertiary/aromatic N) is 2. The maximum absolute atomic E-state index is 13.0. The van der Waals surface area contributed by atoms with Crippen molar-refractivity contribution >= 4 is 5.91 Å². The van der Waals surface area contributed by atoms with Gasteiger partial charge in [-0.3, -0.25) is 4.79 Å². The van der Waals surface area contributed by atoms with Gasteiger partial charge in [0.05, 0.1) is 29.6 Å². The molecule has 8 heteroatoms. The largest absolute Gasteiger partial charge is 0.469 e. The third kappa shape index (κ3) is 5.11. The fourth-order valence-corrected chi connectivity index (χ4v) is 3.37. The maximum atomic E-state index is 13.0. The van der Waals surface area contributed by atoms with Gasteiger partial charge in [0, 0.05) is 23.7 Å². The van der Waals surface area contributed by atoms with Crippen LogP contribution in [0.15, 0.2) is 47.1 Å². The highest BCUT2D eigenvalue weighted by Crippen LogP contribution is 2.30. The monoisotopic (exact) mass is 419 g/mol. The Kier molecular flexibility index (Phi) is 6.34. The summed E-state index contributed by atoms with van der Waals surface area (Å²) in [5.74, 6) is 0.710. The average Bonchev–Trinajstić information content (AvgIpc) is 3.29. The normalized spacial score (nSPS) is 12.7. The molecule has 30 heavy (non-hydrogen) atoms. The summed E-state index contributed by atoms with van der Waals surface area (Å²) in [6.07, 6.45) is -1.24. The smallest absolute Gasteiger partial charge is 0.416 e. The maximum Gasteiger partial charge on any atom is 0.416 e. The topological polar surface area (TPSA) is 60.1 Å². The number of furan rings is 1. The van der Waals surface area contributed by atoms with E-state index in [0.717, 1.165) is 30.7 Å². The molecule has 5 nitrogen and oxygen atoms in total. The molecule has 1 aromatic carbocycles. The molecule has 1 atom stereocenters. The Labute approximate surface area is 172 Å². The lowest BCUT2D eigenvalue weighted by Crippen LogP contribution is -2.34. The first-order valence-electron chi connectivity index (χ1n) is 9.69. The van der Waals surface area contributed by atoms with Crippen molar-refractivity contribution in [1.82, 2.24) is 15.1 Å². The number of alkyl halides is 3. The molecule has 0 aliphatic heterocycles. The van der Waals surface area contributed by atoms with Crippen LogP contribution in [0.3, 0.4) is 0 Å². The number of nitrogens with one attached hydrogen (secondary N) is 1. The van der Waals surface area contributed by atoms with Gasteiger partial charge < -0.3 is 9.73 Å². The molecule has 0 fully saturated rings. The summed E-state index contributed by atoms with van der Waals surface area (Å²) in [4.78, 5) is 12.5. The molecule has 0 radical (unpaired) electrons. The van der Waals surface area contributed by atoms with Gasteiger partial charge >= 0.3 is 6.18 Å². The molecule has 2 heterocycles. The summed E-state index contributed by atoms with van der Waals surface area (Å²) >= 11 is 0. The molecule has 0 saturated carbocycles. The summed E-state index contributed by atoms with van der Waals surface area (Å²) in [5.41, 5.74) is 1.54. The number of halogens is 3. The molecular weight excluding hydrogens is 395 g/mol. The molecule has 3 rings (SSSR count). The Balaban J connectivity index is 1.69. The molecule has 0 bridgehead atoms. The number of carbonyl (C=O) groups is 1. The SMILES string of the molecule is Cc1nn(-c2cccc(C(F)(F)F)c2)c(C)c1CC(=O)NC(C)CCc1ccco1. The van der Waals surface area contributed by atoms with E-state index in [1.807, 2.05) is 19.1 Å². The van der Waals surface area contributed by atoms with Gasteiger partial charge in [-0.05, 0) is 57.5 Å². The molecule has 0 spiro atoms. The van der Waals surface area contributed by atoms with E-state index in [1.54, 1.807) is 26.2 Å². The highest BCUT2D eigenvalue weighted by molar-refractivity contribution is 5.79. The van der Waals surface area contributed by atoms with Crippen LogP contribution in [0.25, 0.3) is 5.69 Å². The fourth-order valence-electron chi connectivity index (χ4n) is 3.37. The number of benzene rings is 1. The predicted octanol–water partition coefficient (Wildman–Crippen LogP) is 4.78. The molecule has 1 N–H and O–H groups in total. The number of amides is 1. The summed E-state index contributed by atoms with van der Waals surface area (Å²) in [7, 11) is 0.